The average Bonchev–Trinajstić information content (AvgIpc) is 3.91. The van der Waals surface area contributed by atoms with Crippen molar-refractivity contribution in [3.8, 4) is 23.0 Å². The number of aryl methyl sites for hydroxylation is 1. The van der Waals surface area contributed by atoms with Crippen molar-refractivity contribution in [1.29, 1.82) is 0 Å². The maximum absolute atomic E-state index is 13.7. The minimum Gasteiger partial charge on any atom is -0.493 e. The number of carbonyl (C=O) groups is 3. The predicted octanol–water partition coefficient (Wildman–Crippen LogP) is 9.26. The summed E-state index contributed by atoms with van der Waals surface area (Å²) in [6.45, 7) is 14.3. The summed E-state index contributed by atoms with van der Waals surface area (Å²) in [6, 6.07) is 13.4. The van der Waals surface area contributed by atoms with Gasteiger partial charge >= 0.3 is 0 Å². The quantitative estimate of drug-likeness (QED) is 0.0956. The van der Waals surface area contributed by atoms with Crippen molar-refractivity contribution >= 4 is 63.1 Å². The molecule has 3 aromatic carbocycles. The molecule has 0 N–H and O–H groups in total. The van der Waals surface area contributed by atoms with Crippen LogP contribution in [0.4, 0.5) is 11.4 Å². The van der Waals surface area contributed by atoms with E-state index in [0.29, 0.717) is 65.0 Å². The van der Waals surface area contributed by atoms with E-state index in [0.717, 1.165) is 81.5 Å². The first kappa shape index (κ1) is 48.2. The molecule has 5 aliphatic heterocycles. The number of aliphatic imine (C=N–C) groups is 2. The Labute approximate surface area is 403 Å². The number of carbonyl (C=O) groups excluding carboxylic acids is 3. The Kier molecular flexibility index (Phi) is 15.4. The summed E-state index contributed by atoms with van der Waals surface area (Å²) < 4.78 is 24.7. The van der Waals surface area contributed by atoms with Gasteiger partial charge in [0.05, 0.1) is 48.8 Å². The molecule has 0 aromatic heterocycles. The van der Waals surface area contributed by atoms with Gasteiger partial charge in [0.25, 0.3) is 11.8 Å². The molecule has 5 heterocycles. The summed E-state index contributed by atoms with van der Waals surface area (Å²) in [6.07, 6.45) is 14.8. The second-order valence-electron chi connectivity index (χ2n) is 18.5. The largest absolute Gasteiger partial charge is 0.493 e. The van der Waals surface area contributed by atoms with Gasteiger partial charge in [-0.3, -0.25) is 29.3 Å². The summed E-state index contributed by atoms with van der Waals surface area (Å²) in [5, 5.41) is 0. The van der Waals surface area contributed by atoms with Gasteiger partial charge in [0.15, 0.2) is 23.0 Å². The zero-order chi connectivity index (χ0) is 47.2. The molecule has 0 aliphatic carbocycles. The molecule has 356 valence electrons. The number of hydrogen-bond acceptors (Lipinski definition) is 12. The van der Waals surface area contributed by atoms with E-state index in [-0.39, 0.29) is 47.8 Å². The lowest BCUT2D eigenvalue weighted by Gasteiger charge is -2.35. The van der Waals surface area contributed by atoms with Crippen molar-refractivity contribution in [1.82, 2.24) is 19.6 Å². The molecule has 0 spiro atoms. The van der Waals surface area contributed by atoms with Gasteiger partial charge in [-0.05, 0) is 107 Å². The van der Waals surface area contributed by atoms with Crippen molar-refractivity contribution in [3.63, 3.8) is 0 Å². The molecule has 0 unspecified atom stereocenters. The van der Waals surface area contributed by atoms with Crippen LogP contribution in [0.3, 0.4) is 0 Å². The molecule has 5 aliphatic rings. The number of allylic oxidation sites excluding steroid dienone is 2. The van der Waals surface area contributed by atoms with E-state index in [1.807, 2.05) is 51.8 Å². The molecular formula is C52H64N6O7S2. The first-order valence-electron chi connectivity index (χ1n) is 23.4. The first-order valence-corrected chi connectivity index (χ1v) is 26.0. The Bertz CT molecular complexity index is 2340. The Morgan fingerprint density at radius 3 is 1.72 bits per heavy atom. The first-order chi connectivity index (χ1) is 32.4. The molecule has 8 rings (SSSR count). The minimum atomic E-state index is -0.0827. The smallest absolute Gasteiger partial charge is 0.257 e. The monoisotopic (exact) mass is 948 g/mol. The zero-order valence-corrected chi connectivity index (χ0v) is 41.6. The lowest BCUT2D eigenvalue weighted by Crippen LogP contribution is -2.49. The number of methoxy groups -OCH3 is 2. The Morgan fingerprint density at radius 1 is 0.731 bits per heavy atom. The summed E-state index contributed by atoms with van der Waals surface area (Å²) in [7, 11) is 6.75. The number of amides is 3. The van der Waals surface area contributed by atoms with Gasteiger partial charge in [0, 0.05) is 75.0 Å². The fourth-order valence-corrected chi connectivity index (χ4v) is 11.8. The van der Waals surface area contributed by atoms with Crippen LogP contribution in [-0.4, -0.2) is 133 Å². The van der Waals surface area contributed by atoms with Crippen LogP contribution in [0.25, 0.3) is 0 Å². The van der Waals surface area contributed by atoms with Gasteiger partial charge in [-0.2, -0.15) is 0 Å². The molecule has 67 heavy (non-hydrogen) atoms. The number of nitrogens with zero attached hydrogens (tertiary/aromatic N) is 6. The van der Waals surface area contributed by atoms with Gasteiger partial charge in [-0.25, -0.2) is 0 Å². The molecule has 3 saturated heterocycles. The van der Waals surface area contributed by atoms with E-state index in [1.54, 1.807) is 49.3 Å². The van der Waals surface area contributed by atoms with Crippen LogP contribution in [0.2, 0.25) is 0 Å². The molecule has 3 amide bonds. The second-order valence-corrected chi connectivity index (χ2v) is 21.6. The lowest BCUT2D eigenvalue weighted by molar-refractivity contribution is -0.133. The van der Waals surface area contributed by atoms with Crippen molar-refractivity contribution in [2.24, 2.45) is 9.98 Å². The summed E-state index contributed by atoms with van der Waals surface area (Å²) in [5.74, 6) is 2.04. The van der Waals surface area contributed by atoms with E-state index in [2.05, 4.69) is 55.4 Å². The average molecular weight is 949 g/mol. The molecule has 15 heteroatoms. The normalized spacial score (nSPS) is 20.4. The van der Waals surface area contributed by atoms with Crippen LogP contribution in [-0.2, 0) is 24.4 Å². The van der Waals surface area contributed by atoms with Gasteiger partial charge < -0.3 is 33.6 Å². The highest BCUT2D eigenvalue weighted by molar-refractivity contribution is 8.76. The van der Waals surface area contributed by atoms with E-state index in [4.69, 9.17) is 28.9 Å². The Balaban J connectivity index is 0.975. The van der Waals surface area contributed by atoms with E-state index >= 15 is 0 Å². The number of fused-ring (bicyclic) bond motifs is 4. The summed E-state index contributed by atoms with van der Waals surface area (Å²) in [4.78, 5) is 58.3. The number of ether oxygens (including phenoxy) is 4. The van der Waals surface area contributed by atoms with E-state index in [9.17, 15) is 14.4 Å². The molecule has 3 fully saturated rings. The lowest BCUT2D eigenvalue weighted by atomic mass is 10.0. The molecule has 0 radical (unpaired) electrons. The van der Waals surface area contributed by atoms with Crippen LogP contribution < -0.4 is 18.9 Å². The van der Waals surface area contributed by atoms with Crippen LogP contribution >= 0.6 is 21.6 Å². The third kappa shape index (κ3) is 11.2. The number of rotatable bonds is 17. The zero-order valence-electron chi connectivity index (χ0n) is 40.0. The number of piperazine rings is 1. The predicted molar refractivity (Wildman–Crippen MR) is 270 cm³/mol. The molecule has 2 atom stereocenters. The summed E-state index contributed by atoms with van der Waals surface area (Å²) >= 11 is 0. The fourth-order valence-electron chi connectivity index (χ4n) is 9.56. The van der Waals surface area contributed by atoms with Gasteiger partial charge in [0.2, 0.25) is 5.91 Å². The van der Waals surface area contributed by atoms with Gasteiger partial charge in [0.1, 0.15) is 13.2 Å². The fraction of sp³-hybridized carbons (Fsp3) is 0.481. The minimum absolute atomic E-state index is 0.0692. The topological polar surface area (TPSA) is 126 Å². The highest BCUT2D eigenvalue weighted by Crippen LogP contribution is 2.41. The van der Waals surface area contributed by atoms with Gasteiger partial charge in [-0.1, -0.05) is 57.0 Å². The molecule has 13 nitrogen and oxygen atoms in total. The van der Waals surface area contributed by atoms with Crippen molar-refractivity contribution in [3.05, 3.63) is 93.6 Å². The summed E-state index contributed by atoms with van der Waals surface area (Å²) in [5.41, 5.74) is 7.59. The van der Waals surface area contributed by atoms with Crippen LogP contribution in [0.5, 0.6) is 23.0 Å². The SMILES string of the molecule is CC=C1C[C@H]2C=Nc3cc(OCc4cc(CCCN5CCN(C(=O)CCC(C)(C)SSC)CC5)cc(COc5cc6c(cc5OC)C(=O)N5CC(=CC)C[C@H]5C=N6)c4)c(OC)cc3C(=O)N2C1. The van der Waals surface area contributed by atoms with E-state index < -0.39 is 0 Å². The molecule has 0 bridgehead atoms. The van der Waals surface area contributed by atoms with Gasteiger partial charge in [-0.15, -0.1) is 0 Å². The maximum Gasteiger partial charge on any atom is 0.257 e. The highest BCUT2D eigenvalue weighted by Gasteiger charge is 2.36. The second kappa shape index (κ2) is 21.4. The van der Waals surface area contributed by atoms with Crippen molar-refractivity contribution in [2.45, 2.75) is 96.3 Å². The van der Waals surface area contributed by atoms with Crippen molar-refractivity contribution < 1.29 is 33.3 Å². The van der Waals surface area contributed by atoms with E-state index in [1.165, 1.54) is 11.1 Å². The third-order valence-electron chi connectivity index (χ3n) is 13.4. The number of benzene rings is 3. The highest BCUT2D eigenvalue weighted by atomic mass is 33.1. The number of hydrogen-bond donors (Lipinski definition) is 0. The molecule has 0 saturated carbocycles. The molecule has 3 aromatic rings. The molecular weight excluding hydrogens is 885 g/mol. The Morgan fingerprint density at radius 2 is 1.24 bits per heavy atom. The maximum atomic E-state index is 13.7. The Hall–Kier alpha value is -5.25. The van der Waals surface area contributed by atoms with Crippen LogP contribution in [0.1, 0.15) is 97.2 Å². The van der Waals surface area contributed by atoms with Crippen LogP contribution in [0, 0.1) is 0 Å². The standard InChI is InChI=1S/C52H64N6O7S2/c1-8-34-22-39-28-53-43-26-47(45(62-5)24-41(43)50(60)57(39)30-34)64-32-37-19-36(11-10-14-55-15-17-56(18-16-55)49(59)12-13-52(3,4)67-66-7)20-38(21-37)33-65-48-27-44-42(25-46(48)63-6)51(61)58-31-35(9-2)23-40(58)29-54-44/h8-9,19-21,24-29,39-40H,10-18,22-23,30-33H2,1-7H3/t39-,40-/m0/s1. The van der Waals surface area contributed by atoms with Crippen LogP contribution in [0.15, 0.2) is 75.7 Å². The third-order valence-corrected chi connectivity index (χ3v) is 16.1. The van der Waals surface area contributed by atoms with Crippen molar-refractivity contribution in [2.75, 3.05) is 66.3 Å².